The van der Waals surface area contributed by atoms with E-state index in [1.165, 1.54) is 39.5 Å². The minimum absolute atomic E-state index is 0.101. The molecule has 0 aromatic heterocycles. The fourth-order valence-electron chi connectivity index (χ4n) is 2.11. The lowest BCUT2D eigenvalue weighted by Gasteiger charge is -2.12. The maximum atomic E-state index is 12.1. The Morgan fingerprint density at radius 3 is 2.27 bits per heavy atom. The SMILES string of the molecule is COc1ccc(OC)c(NC(=O)COC(=O)c2cc(OC)ccc2O)c1. The molecule has 0 aliphatic rings. The number of carbonyl (C=O) groups excluding carboxylic acids is 2. The largest absolute Gasteiger partial charge is 0.507 e. The number of methoxy groups -OCH3 is 3. The van der Waals surface area contributed by atoms with Crippen LogP contribution in [0.2, 0.25) is 0 Å². The number of hydrogen-bond acceptors (Lipinski definition) is 7. The summed E-state index contributed by atoms with van der Waals surface area (Å²) in [5.41, 5.74) is 0.272. The van der Waals surface area contributed by atoms with Crippen LogP contribution < -0.4 is 19.5 Å². The van der Waals surface area contributed by atoms with Crippen molar-refractivity contribution in [3.63, 3.8) is 0 Å². The average Bonchev–Trinajstić information content (AvgIpc) is 2.66. The Hall–Kier alpha value is -3.42. The van der Waals surface area contributed by atoms with Gasteiger partial charge in [0.2, 0.25) is 0 Å². The van der Waals surface area contributed by atoms with Crippen molar-refractivity contribution in [3.05, 3.63) is 42.0 Å². The third-order valence-corrected chi connectivity index (χ3v) is 3.44. The maximum Gasteiger partial charge on any atom is 0.342 e. The number of benzene rings is 2. The Morgan fingerprint density at radius 2 is 1.62 bits per heavy atom. The number of hydrogen-bond donors (Lipinski definition) is 2. The first-order valence-corrected chi connectivity index (χ1v) is 7.54. The summed E-state index contributed by atoms with van der Waals surface area (Å²) < 4.78 is 20.2. The van der Waals surface area contributed by atoms with Gasteiger partial charge in [-0.3, -0.25) is 4.79 Å². The van der Waals surface area contributed by atoms with E-state index in [0.29, 0.717) is 22.9 Å². The summed E-state index contributed by atoms with van der Waals surface area (Å²) in [7, 11) is 4.38. The first kappa shape index (κ1) is 18.9. The molecule has 2 N–H and O–H groups in total. The zero-order valence-corrected chi connectivity index (χ0v) is 14.6. The second-order valence-corrected chi connectivity index (χ2v) is 5.07. The fraction of sp³-hybridized carbons (Fsp3) is 0.222. The standard InChI is InChI=1S/C18H19NO7/c1-23-11-4-6-15(20)13(8-11)18(22)26-10-17(21)19-14-9-12(24-2)5-7-16(14)25-3/h4-9,20H,10H2,1-3H3,(H,19,21). The zero-order chi connectivity index (χ0) is 19.1. The van der Waals surface area contributed by atoms with Crippen LogP contribution in [0.4, 0.5) is 5.69 Å². The Kier molecular flexibility index (Phi) is 6.26. The number of ether oxygens (including phenoxy) is 4. The summed E-state index contributed by atoms with van der Waals surface area (Å²) in [5.74, 6) is -0.372. The number of esters is 1. The fourth-order valence-corrected chi connectivity index (χ4v) is 2.11. The van der Waals surface area contributed by atoms with Crippen molar-refractivity contribution in [2.24, 2.45) is 0 Å². The van der Waals surface area contributed by atoms with Crippen LogP contribution in [0.3, 0.4) is 0 Å². The highest BCUT2D eigenvalue weighted by Crippen LogP contribution is 2.29. The quantitative estimate of drug-likeness (QED) is 0.729. The van der Waals surface area contributed by atoms with Gasteiger partial charge in [0.05, 0.1) is 27.0 Å². The first-order chi connectivity index (χ1) is 12.5. The van der Waals surface area contributed by atoms with E-state index in [9.17, 15) is 14.7 Å². The van der Waals surface area contributed by atoms with Crippen LogP contribution in [0.5, 0.6) is 23.0 Å². The lowest BCUT2D eigenvalue weighted by atomic mass is 10.2. The van der Waals surface area contributed by atoms with E-state index in [0.717, 1.165) is 0 Å². The van der Waals surface area contributed by atoms with Gasteiger partial charge < -0.3 is 29.4 Å². The molecule has 0 saturated heterocycles. The predicted octanol–water partition coefficient (Wildman–Crippen LogP) is 2.21. The molecule has 0 fully saturated rings. The first-order valence-electron chi connectivity index (χ1n) is 7.54. The van der Waals surface area contributed by atoms with E-state index in [2.05, 4.69) is 5.32 Å². The lowest BCUT2D eigenvalue weighted by Crippen LogP contribution is -2.21. The molecule has 8 heteroatoms. The molecule has 0 bridgehead atoms. The number of phenolic OH excluding ortho intramolecular Hbond substituents is 1. The van der Waals surface area contributed by atoms with Crippen molar-refractivity contribution < 1.29 is 33.6 Å². The maximum absolute atomic E-state index is 12.1. The van der Waals surface area contributed by atoms with Gasteiger partial charge in [0.15, 0.2) is 6.61 Å². The van der Waals surface area contributed by atoms with E-state index < -0.39 is 18.5 Å². The van der Waals surface area contributed by atoms with Crippen molar-refractivity contribution in [1.29, 1.82) is 0 Å². The molecule has 2 aromatic rings. The third kappa shape index (κ3) is 4.56. The van der Waals surface area contributed by atoms with E-state index in [1.54, 1.807) is 18.2 Å². The molecule has 0 unspecified atom stereocenters. The second-order valence-electron chi connectivity index (χ2n) is 5.07. The third-order valence-electron chi connectivity index (χ3n) is 3.44. The Morgan fingerprint density at radius 1 is 0.962 bits per heavy atom. The zero-order valence-electron chi connectivity index (χ0n) is 14.6. The van der Waals surface area contributed by atoms with Gasteiger partial charge in [-0.2, -0.15) is 0 Å². The topological polar surface area (TPSA) is 103 Å². The lowest BCUT2D eigenvalue weighted by molar-refractivity contribution is -0.119. The molecule has 2 rings (SSSR count). The number of anilines is 1. The molecular weight excluding hydrogens is 342 g/mol. The number of aromatic hydroxyl groups is 1. The van der Waals surface area contributed by atoms with E-state index in [4.69, 9.17) is 18.9 Å². The van der Waals surface area contributed by atoms with Crippen molar-refractivity contribution in [2.75, 3.05) is 33.3 Å². The number of nitrogens with one attached hydrogen (secondary N) is 1. The highest BCUT2D eigenvalue weighted by Gasteiger charge is 2.16. The minimum Gasteiger partial charge on any atom is -0.507 e. The van der Waals surface area contributed by atoms with Crippen molar-refractivity contribution in [3.8, 4) is 23.0 Å². The van der Waals surface area contributed by atoms with Crippen molar-refractivity contribution in [2.45, 2.75) is 0 Å². The van der Waals surface area contributed by atoms with Gasteiger partial charge in [-0.15, -0.1) is 0 Å². The van der Waals surface area contributed by atoms with Gasteiger partial charge in [-0.25, -0.2) is 4.79 Å². The molecular formula is C18H19NO7. The van der Waals surface area contributed by atoms with Crippen LogP contribution in [0, 0.1) is 0 Å². The van der Waals surface area contributed by atoms with Gasteiger partial charge in [-0.1, -0.05) is 0 Å². The summed E-state index contributed by atoms with van der Waals surface area (Å²) in [4.78, 5) is 24.1. The molecule has 26 heavy (non-hydrogen) atoms. The van der Waals surface area contributed by atoms with Crippen molar-refractivity contribution in [1.82, 2.24) is 0 Å². The normalized spacial score (nSPS) is 9.96. The number of amides is 1. The van der Waals surface area contributed by atoms with Gasteiger partial charge in [0.25, 0.3) is 5.91 Å². The average molecular weight is 361 g/mol. The monoisotopic (exact) mass is 361 g/mol. The van der Waals surface area contributed by atoms with E-state index in [-0.39, 0.29) is 11.3 Å². The van der Waals surface area contributed by atoms with Gasteiger partial charge in [0.1, 0.15) is 28.6 Å². The Balaban J connectivity index is 2.02. The summed E-state index contributed by atoms with van der Waals surface area (Å²) in [6, 6.07) is 9.01. The molecule has 0 aliphatic heterocycles. The van der Waals surface area contributed by atoms with Gasteiger partial charge in [0, 0.05) is 6.07 Å². The number of phenols is 1. The number of rotatable bonds is 7. The van der Waals surface area contributed by atoms with E-state index >= 15 is 0 Å². The highest BCUT2D eigenvalue weighted by molar-refractivity contribution is 5.97. The number of carbonyl (C=O) groups is 2. The molecule has 1 amide bonds. The van der Waals surface area contributed by atoms with E-state index in [1.807, 2.05) is 0 Å². The molecule has 138 valence electrons. The molecule has 0 saturated carbocycles. The van der Waals surface area contributed by atoms with Crippen LogP contribution in [0.1, 0.15) is 10.4 Å². The Labute approximate surface area is 150 Å². The van der Waals surface area contributed by atoms with Crippen LogP contribution in [0.25, 0.3) is 0 Å². The van der Waals surface area contributed by atoms with Crippen LogP contribution in [0.15, 0.2) is 36.4 Å². The minimum atomic E-state index is -0.853. The predicted molar refractivity (Wildman–Crippen MR) is 93.1 cm³/mol. The molecule has 0 heterocycles. The van der Waals surface area contributed by atoms with Crippen LogP contribution >= 0.6 is 0 Å². The summed E-state index contributed by atoms with van der Waals surface area (Å²) in [6.07, 6.45) is 0. The second kappa shape index (κ2) is 8.61. The smallest absolute Gasteiger partial charge is 0.342 e. The molecule has 0 atom stereocenters. The van der Waals surface area contributed by atoms with Crippen LogP contribution in [-0.4, -0.2) is 44.9 Å². The summed E-state index contributed by atoms with van der Waals surface area (Å²) in [5, 5.41) is 12.3. The van der Waals surface area contributed by atoms with Gasteiger partial charge >= 0.3 is 5.97 Å². The molecule has 8 nitrogen and oxygen atoms in total. The summed E-state index contributed by atoms with van der Waals surface area (Å²) >= 11 is 0. The Bertz CT molecular complexity index is 804. The highest BCUT2D eigenvalue weighted by atomic mass is 16.5. The molecule has 0 spiro atoms. The molecule has 2 aromatic carbocycles. The molecule has 0 aliphatic carbocycles. The molecule has 0 radical (unpaired) electrons. The van der Waals surface area contributed by atoms with Crippen LogP contribution in [-0.2, 0) is 9.53 Å². The van der Waals surface area contributed by atoms with Crippen molar-refractivity contribution >= 4 is 17.6 Å². The summed E-state index contributed by atoms with van der Waals surface area (Å²) in [6.45, 7) is -0.546. The van der Waals surface area contributed by atoms with Gasteiger partial charge in [-0.05, 0) is 30.3 Å².